The summed E-state index contributed by atoms with van der Waals surface area (Å²) in [6.45, 7) is 15.1. The molecule has 0 aromatic heterocycles. The molecule has 0 bridgehead atoms. The molecule has 0 spiro atoms. The molecule has 8 unspecified atom stereocenters. The van der Waals surface area contributed by atoms with Crippen molar-refractivity contribution in [2.45, 2.75) is 119 Å². The fraction of sp³-hybridized carbons (Fsp3) is 0.674. The van der Waals surface area contributed by atoms with Crippen LogP contribution in [0.25, 0.3) is 0 Å². The molecule has 6 aliphatic rings. The Bertz CT molecular complexity index is 1510. The maximum Gasteiger partial charge on any atom is 0.309 e. The van der Waals surface area contributed by atoms with Gasteiger partial charge in [0.1, 0.15) is 6.61 Å². The smallest absolute Gasteiger partial charge is 0.309 e. The van der Waals surface area contributed by atoms with Crippen LogP contribution < -0.4 is 0 Å². The van der Waals surface area contributed by atoms with Crippen molar-refractivity contribution in [3.63, 3.8) is 0 Å². The van der Waals surface area contributed by atoms with E-state index in [4.69, 9.17) is 4.74 Å². The maximum absolute atomic E-state index is 13.4. The second-order valence-corrected chi connectivity index (χ2v) is 17.8. The number of rotatable bonds is 6. The summed E-state index contributed by atoms with van der Waals surface area (Å²) in [4.78, 5) is 26.3. The van der Waals surface area contributed by atoms with E-state index in [0.29, 0.717) is 42.5 Å². The van der Waals surface area contributed by atoms with Crippen molar-refractivity contribution in [3.05, 3.63) is 70.3 Å². The van der Waals surface area contributed by atoms with Gasteiger partial charge in [-0.2, -0.15) is 0 Å². The van der Waals surface area contributed by atoms with E-state index < -0.39 is 0 Å². The van der Waals surface area contributed by atoms with E-state index >= 15 is 0 Å². The van der Waals surface area contributed by atoms with E-state index in [9.17, 15) is 14.7 Å². The summed E-state index contributed by atoms with van der Waals surface area (Å²) in [6.07, 6.45) is 16.2. The van der Waals surface area contributed by atoms with E-state index in [-0.39, 0.29) is 46.1 Å². The molecule has 0 aliphatic heterocycles. The number of aliphatic hydroxyl groups excluding tert-OH is 1. The van der Waals surface area contributed by atoms with Gasteiger partial charge in [-0.3, -0.25) is 9.59 Å². The quantitative estimate of drug-likeness (QED) is 0.315. The normalized spacial score (nSPS) is 39.3. The third-order valence-corrected chi connectivity index (χ3v) is 14.9. The van der Waals surface area contributed by atoms with Crippen LogP contribution in [0.4, 0.5) is 0 Å². The lowest BCUT2D eigenvalue weighted by molar-refractivity contribution is -0.160. The van der Waals surface area contributed by atoms with Crippen LogP contribution >= 0.6 is 0 Å². The predicted molar refractivity (Wildman–Crippen MR) is 187 cm³/mol. The number of fused-ring (bicyclic) bond motifs is 7. The zero-order valence-corrected chi connectivity index (χ0v) is 29.9. The molecule has 1 N–H and O–H groups in total. The number of Topliss-reactive ketones (excluding diaryl/α,β-unsaturated/α-hetero) is 1. The lowest BCUT2D eigenvalue weighted by atomic mass is 9.37. The van der Waals surface area contributed by atoms with Gasteiger partial charge in [-0.1, -0.05) is 89.6 Å². The molecule has 7 rings (SSSR count). The Morgan fingerprint density at radius 3 is 2.38 bits per heavy atom. The van der Waals surface area contributed by atoms with Gasteiger partial charge in [-0.15, -0.1) is 0 Å². The van der Waals surface area contributed by atoms with Crippen molar-refractivity contribution in [1.29, 1.82) is 0 Å². The molecule has 1 aromatic carbocycles. The second-order valence-electron chi connectivity index (χ2n) is 17.8. The van der Waals surface area contributed by atoms with Crippen LogP contribution in [0.1, 0.15) is 118 Å². The zero-order chi connectivity index (χ0) is 33.4. The summed E-state index contributed by atoms with van der Waals surface area (Å²) >= 11 is 0. The predicted octanol–water partition coefficient (Wildman–Crippen LogP) is 9.58. The Labute approximate surface area is 283 Å². The molecule has 254 valence electrons. The van der Waals surface area contributed by atoms with Crippen LogP contribution in [0.3, 0.4) is 0 Å². The van der Waals surface area contributed by atoms with Gasteiger partial charge in [0.2, 0.25) is 0 Å². The van der Waals surface area contributed by atoms with E-state index in [2.05, 4.69) is 53.7 Å². The number of carbonyl (C=O) groups is 2. The summed E-state index contributed by atoms with van der Waals surface area (Å²) < 4.78 is 5.71. The number of ketones is 1. The van der Waals surface area contributed by atoms with Crippen LogP contribution in [0, 0.1) is 57.2 Å². The van der Waals surface area contributed by atoms with Crippen LogP contribution in [0.15, 0.2) is 64.8 Å². The number of ether oxygens (including phenoxy) is 1. The van der Waals surface area contributed by atoms with Gasteiger partial charge >= 0.3 is 5.97 Å². The molecule has 3 saturated carbocycles. The molecule has 0 radical (unpaired) electrons. The number of allylic oxidation sites excluding steroid dienone is 5. The van der Waals surface area contributed by atoms with Gasteiger partial charge in [0, 0.05) is 11.8 Å². The molecule has 4 heteroatoms. The molecule has 4 nitrogen and oxygen atoms in total. The van der Waals surface area contributed by atoms with E-state index in [1.54, 1.807) is 0 Å². The molecule has 6 aliphatic carbocycles. The summed E-state index contributed by atoms with van der Waals surface area (Å²) in [5, 5.41) is 10.7. The van der Waals surface area contributed by atoms with Crippen molar-refractivity contribution in [2.24, 2.45) is 57.2 Å². The van der Waals surface area contributed by atoms with Gasteiger partial charge < -0.3 is 9.84 Å². The standard InChI is InChI=1S/C43H58O4/c1-27(2)37-34(45)24-43(26-44)23-19-33-31(38(37)43)16-17-36-41(33,5)22-20-35-40(3,4)32(18-21-42(35,36)6)29-12-14-30(15-13-29)39(46)47-25-28-10-8-7-9-11-28/h7-12,18,27,30-31,33,35-36,44H,13-17,19-26H2,1-6H3. The third kappa shape index (κ3) is 5.09. The van der Waals surface area contributed by atoms with Crippen molar-refractivity contribution in [2.75, 3.05) is 6.61 Å². The zero-order valence-electron chi connectivity index (χ0n) is 29.9. The van der Waals surface area contributed by atoms with E-state index in [1.165, 1.54) is 36.0 Å². The Morgan fingerprint density at radius 2 is 1.70 bits per heavy atom. The number of benzene rings is 1. The fourth-order valence-electron chi connectivity index (χ4n) is 12.9. The number of esters is 1. The first-order valence-electron chi connectivity index (χ1n) is 18.8. The van der Waals surface area contributed by atoms with Gasteiger partial charge in [-0.25, -0.2) is 0 Å². The Balaban J connectivity index is 1.10. The molecule has 3 fully saturated rings. The lowest BCUT2D eigenvalue weighted by Crippen LogP contribution is -2.60. The summed E-state index contributed by atoms with van der Waals surface area (Å²) in [7, 11) is 0. The van der Waals surface area contributed by atoms with Gasteiger partial charge in [0.05, 0.1) is 12.5 Å². The molecule has 1 aromatic rings. The van der Waals surface area contributed by atoms with Gasteiger partial charge in [0.25, 0.3) is 0 Å². The van der Waals surface area contributed by atoms with Gasteiger partial charge in [0.15, 0.2) is 5.78 Å². The minimum Gasteiger partial charge on any atom is -0.461 e. The molecular weight excluding hydrogens is 580 g/mol. The van der Waals surface area contributed by atoms with Crippen LogP contribution in [0.5, 0.6) is 0 Å². The van der Waals surface area contributed by atoms with E-state index in [1.807, 2.05) is 30.3 Å². The minimum absolute atomic E-state index is 0.0489. The van der Waals surface area contributed by atoms with Crippen molar-refractivity contribution in [1.82, 2.24) is 0 Å². The Kier molecular flexibility index (Phi) is 8.33. The van der Waals surface area contributed by atoms with Crippen LogP contribution in [-0.2, 0) is 20.9 Å². The number of aliphatic hydroxyl groups is 1. The maximum atomic E-state index is 13.4. The lowest BCUT2D eigenvalue weighted by Gasteiger charge is -2.68. The number of hydrogen-bond donors (Lipinski definition) is 1. The largest absolute Gasteiger partial charge is 0.461 e. The molecule has 0 heterocycles. The minimum atomic E-state index is -0.294. The average Bonchev–Trinajstić information content (AvgIpc) is 3.36. The highest BCUT2D eigenvalue weighted by Gasteiger charge is 2.65. The third-order valence-electron chi connectivity index (χ3n) is 14.9. The summed E-state index contributed by atoms with van der Waals surface area (Å²) in [6, 6.07) is 9.96. The molecular formula is C43H58O4. The van der Waals surface area contributed by atoms with Gasteiger partial charge in [-0.05, 0) is 132 Å². The molecule has 0 amide bonds. The molecule has 8 atom stereocenters. The monoisotopic (exact) mass is 638 g/mol. The Hall–Kier alpha value is -2.46. The Morgan fingerprint density at radius 1 is 0.936 bits per heavy atom. The highest BCUT2D eigenvalue weighted by Crippen LogP contribution is 2.73. The average molecular weight is 639 g/mol. The number of carbonyl (C=O) groups excluding carboxylic acids is 2. The topological polar surface area (TPSA) is 63.6 Å². The summed E-state index contributed by atoms with van der Waals surface area (Å²) in [5.41, 5.74) is 6.80. The first-order valence-corrected chi connectivity index (χ1v) is 18.8. The second kappa shape index (κ2) is 11.9. The van der Waals surface area contributed by atoms with Crippen LogP contribution in [-0.4, -0.2) is 23.5 Å². The number of hydrogen-bond acceptors (Lipinski definition) is 4. The highest BCUT2D eigenvalue weighted by molar-refractivity contribution is 6.00. The fourth-order valence-corrected chi connectivity index (χ4v) is 12.9. The van der Waals surface area contributed by atoms with E-state index in [0.717, 1.165) is 56.1 Å². The molecule has 0 saturated heterocycles. The molecule has 47 heavy (non-hydrogen) atoms. The van der Waals surface area contributed by atoms with Crippen molar-refractivity contribution in [3.8, 4) is 0 Å². The SMILES string of the molecule is CC(C)C1=C2C3CCC4C(C)(CCC5C(C)(C)C(C6=CCC(C(=O)OCc7ccccc7)CC6)=CCC54C)C3CCC2(CO)CC1=O. The van der Waals surface area contributed by atoms with Crippen molar-refractivity contribution >= 4 is 11.8 Å². The van der Waals surface area contributed by atoms with Crippen LogP contribution in [0.2, 0.25) is 0 Å². The van der Waals surface area contributed by atoms with Crippen molar-refractivity contribution < 1.29 is 19.4 Å². The first kappa shape index (κ1) is 33.1. The highest BCUT2D eigenvalue weighted by atomic mass is 16.5. The summed E-state index contributed by atoms with van der Waals surface area (Å²) in [5.74, 6) is 2.77. The first-order chi connectivity index (χ1) is 22.4.